The van der Waals surface area contributed by atoms with Crippen molar-refractivity contribution in [2.75, 3.05) is 13.7 Å². The number of aliphatic carboxylic acids is 1. The molecule has 2 aliphatic heterocycles. The number of rotatable bonds is 4. The third-order valence-corrected chi connectivity index (χ3v) is 6.78. The molecule has 0 spiro atoms. The second kappa shape index (κ2) is 5.58. The number of fused-ring (bicyclic) bond motifs is 1. The lowest BCUT2D eigenvalue weighted by atomic mass is 9.94. The fourth-order valence-electron chi connectivity index (χ4n) is 2.82. The van der Waals surface area contributed by atoms with Gasteiger partial charge in [0.2, 0.25) is 0 Å². The lowest BCUT2D eigenvalue weighted by Gasteiger charge is -2.37. The zero-order chi connectivity index (χ0) is 18.4. The first-order valence-corrected chi connectivity index (χ1v) is 8.25. The van der Waals surface area contributed by atoms with Crippen molar-refractivity contribution in [3.8, 4) is 0 Å². The Kier molecular flexibility index (Phi) is 4.17. The number of carbonyl (C=O) groups excluding carboxylic acids is 3. The molecule has 2 aliphatic rings. The van der Waals surface area contributed by atoms with Gasteiger partial charge in [-0.15, -0.1) is 0 Å². The summed E-state index contributed by atoms with van der Waals surface area (Å²) >= 11 is 0. The summed E-state index contributed by atoms with van der Waals surface area (Å²) in [6.07, 6.45) is 0.720. The summed E-state index contributed by atoms with van der Waals surface area (Å²) < 4.78 is 32.6. The molecular formula is C13H15NO9S. The van der Waals surface area contributed by atoms with Crippen LogP contribution in [0.4, 0.5) is 0 Å². The minimum Gasteiger partial charge on any atom is -0.480 e. The van der Waals surface area contributed by atoms with E-state index in [0.717, 1.165) is 27.0 Å². The average molecular weight is 361 g/mol. The number of carbonyl (C=O) groups is 4. The van der Waals surface area contributed by atoms with Gasteiger partial charge in [0.1, 0.15) is 11.4 Å². The zero-order valence-electron chi connectivity index (χ0n) is 13.0. The first kappa shape index (κ1) is 17.9. The normalized spacial score (nSPS) is 32.0. The van der Waals surface area contributed by atoms with E-state index in [0.29, 0.717) is 4.90 Å². The van der Waals surface area contributed by atoms with E-state index < -0.39 is 56.4 Å². The molecule has 1 amide bonds. The van der Waals surface area contributed by atoms with Crippen LogP contribution in [-0.2, 0) is 38.5 Å². The molecule has 2 saturated heterocycles. The van der Waals surface area contributed by atoms with Gasteiger partial charge in [0.05, 0.1) is 12.7 Å². The molecule has 0 unspecified atom stereocenters. The van der Waals surface area contributed by atoms with Crippen molar-refractivity contribution in [1.82, 2.24) is 4.90 Å². The predicted octanol–water partition coefficient (Wildman–Crippen LogP) is -1.54. The summed E-state index contributed by atoms with van der Waals surface area (Å²) in [4.78, 5) is 46.7. The molecule has 0 aliphatic carbocycles. The van der Waals surface area contributed by atoms with Crippen LogP contribution in [0.25, 0.3) is 0 Å². The summed E-state index contributed by atoms with van der Waals surface area (Å²) in [5.74, 6) is -4.18. The monoisotopic (exact) mass is 361 g/mol. The molecule has 1 N–H and O–H groups in total. The van der Waals surface area contributed by atoms with E-state index in [1.165, 1.54) is 0 Å². The van der Waals surface area contributed by atoms with Crippen LogP contribution < -0.4 is 0 Å². The Morgan fingerprint density at radius 2 is 1.96 bits per heavy atom. The lowest BCUT2D eigenvalue weighted by Crippen LogP contribution is -2.59. The molecule has 0 bridgehead atoms. The molecule has 10 nitrogen and oxygen atoms in total. The summed E-state index contributed by atoms with van der Waals surface area (Å²) in [6, 6.07) is -1.74. The average Bonchev–Trinajstić information content (AvgIpc) is 2.65. The van der Waals surface area contributed by atoms with Gasteiger partial charge in [-0.05, 0) is 6.92 Å². The van der Waals surface area contributed by atoms with Gasteiger partial charge in [-0.3, -0.25) is 9.59 Å². The quantitative estimate of drug-likeness (QED) is 0.357. The number of amides is 1. The number of methoxy groups -OCH3 is 1. The van der Waals surface area contributed by atoms with E-state index in [2.05, 4.69) is 4.74 Å². The Balaban J connectivity index is 2.54. The van der Waals surface area contributed by atoms with Crippen molar-refractivity contribution >= 4 is 33.7 Å². The number of hydrogen-bond acceptors (Lipinski definition) is 8. The predicted molar refractivity (Wildman–Crippen MR) is 76.1 cm³/mol. The van der Waals surface area contributed by atoms with E-state index >= 15 is 0 Å². The number of carboxylic acid groups (broad SMARTS) is 1. The molecule has 0 saturated carbocycles. The van der Waals surface area contributed by atoms with Crippen LogP contribution in [-0.4, -0.2) is 72.1 Å². The highest BCUT2D eigenvalue weighted by atomic mass is 32.2. The molecule has 0 aromatic heterocycles. The molecule has 0 radical (unpaired) electrons. The van der Waals surface area contributed by atoms with Gasteiger partial charge >= 0.3 is 17.9 Å². The number of nitrogens with zero attached hydrogens (tertiary/aromatic N) is 1. The molecule has 2 heterocycles. The van der Waals surface area contributed by atoms with Crippen LogP contribution in [0.3, 0.4) is 0 Å². The number of esters is 2. The van der Waals surface area contributed by atoms with Gasteiger partial charge in [0.25, 0.3) is 5.91 Å². The van der Waals surface area contributed by atoms with Crippen LogP contribution in [0.5, 0.6) is 0 Å². The van der Waals surface area contributed by atoms with E-state index in [-0.39, 0.29) is 5.57 Å². The van der Waals surface area contributed by atoms with Gasteiger partial charge in [-0.2, -0.15) is 0 Å². The van der Waals surface area contributed by atoms with Gasteiger partial charge in [0.15, 0.2) is 21.3 Å². The molecular weight excluding hydrogens is 346 g/mol. The highest BCUT2D eigenvalue weighted by Gasteiger charge is 2.72. The highest BCUT2D eigenvalue weighted by Crippen LogP contribution is 2.48. The number of carboxylic acids is 1. The first-order chi connectivity index (χ1) is 11.0. The summed E-state index contributed by atoms with van der Waals surface area (Å²) in [5.41, 5.74) is -0.375. The maximum atomic E-state index is 12.8. The Hall–Kier alpha value is -2.43. The first-order valence-electron chi connectivity index (χ1n) is 6.71. The minimum absolute atomic E-state index is 0.375. The van der Waals surface area contributed by atoms with Crippen LogP contribution >= 0.6 is 0 Å². The van der Waals surface area contributed by atoms with Gasteiger partial charge < -0.3 is 19.5 Å². The van der Waals surface area contributed by atoms with Gasteiger partial charge in [-0.1, -0.05) is 0 Å². The molecule has 2 rings (SSSR count). The fourth-order valence-corrected chi connectivity index (χ4v) is 5.10. The van der Waals surface area contributed by atoms with Gasteiger partial charge in [0, 0.05) is 13.0 Å². The standard InChI is InChI=1S/C13H15NO9S/c1-6(15)23-5-13(2)9(12(18)19)14-10(17)7(4-8(16)22-3)11(14)24(13,20)21/h4,9,11H,5H2,1-3H3,(H,18,19)/b7-4+/t9-,11+,13-/m0/s1. The second-order valence-corrected chi connectivity index (χ2v) is 8.04. The molecule has 0 aromatic carbocycles. The Bertz CT molecular complexity index is 768. The third kappa shape index (κ3) is 2.27. The third-order valence-electron chi connectivity index (χ3n) is 4.07. The van der Waals surface area contributed by atoms with E-state index in [4.69, 9.17) is 4.74 Å². The maximum Gasteiger partial charge on any atom is 0.331 e. The van der Waals surface area contributed by atoms with Crippen LogP contribution in [0, 0.1) is 0 Å². The van der Waals surface area contributed by atoms with Crippen molar-refractivity contribution in [1.29, 1.82) is 0 Å². The lowest BCUT2D eigenvalue weighted by molar-refractivity contribution is -0.155. The maximum absolute atomic E-state index is 12.8. The van der Waals surface area contributed by atoms with Crippen molar-refractivity contribution in [2.24, 2.45) is 0 Å². The SMILES string of the molecule is COC(=O)/C=C1\C(=O)N2[C@@H](C(=O)O)[C@](C)(COC(C)=O)S(=O)(=O)[C@H]12. The number of ether oxygens (including phenoxy) is 2. The minimum atomic E-state index is -4.28. The summed E-state index contributed by atoms with van der Waals surface area (Å²) in [5, 5.41) is 7.80. The Morgan fingerprint density at radius 3 is 2.42 bits per heavy atom. The van der Waals surface area contributed by atoms with Crippen LogP contribution in [0.1, 0.15) is 13.8 Å². The molecule has 24 heavy (non-hydrogen) atoms. The van der Waals surface area contributed by atoms with Crippen molar-refractivity contribution < 1.29 is 42.2 Å². The van der Waals surface area contributed by atoms with Crippen molar-refractivity contribution in [2.45, 2.75) is 30.0 Å². The Labute approximate surface area is 136 Å². The second-order valence-electron chi connectivity index (χ2n) is 5.57. The van der Waals surface area contributed by atoms with E-state index in [9.17, 15) is 32.7 Å². The molecule has 0 aromatic rings. The largest absolute Gasteiger partial charge is 0.480 e. The van der Waals surface area contributed by atoms with Crippen molar-refractivity contribution in [3.63, 3.8) is 0 Å². The van der Waals surface area contributed by atoms with Gasteiger partial charge in [-0.25, -0.2) is 18.0 Å². The molecule has 2 fully saturated rings. The molecule has 132 valence electrons. The zero-order valence-corrected chi connectivity index (χ0v) is 13.8. The highest BCUT2D eigenvalue weighted by molar-refractivity contribution is 7.94. The number of hydrogen-bond donors (Lipinski definition) is 1. The van der Waals surface area contributed by atoms with Crippen molar-refractivity contribution in [3.05, 3.63) is 11.6 Å². The smallest absolute Gasteiger partial charge is 0.331 e. The van der Waals surface area contributed by atoms with E-state index in [1.807, 2.05) is 0 Å². The molecule has 3 atom stereocenters. The topological polar surface area (TPSA) is 144 Å². The molecule has 11 heteroatoms. The van der Waals surface area contributed by atoms with Crippen LogP contribution in [0.2, 0.25) is 0 Å². The summed E-state index contributed by atoms with van der Waals surface area (Å²) in [7, 11) is -3.23. The number of β-lactam (4-membered cyclic amide) rings is 1. The van der Waals surface area contributed by atoms with Crippen LogP contribution in [0.15, 0.2) is 11.6 Å². The Morgan fingerprint density at radius 1 is 1.38 bits per heavy atom. The summed E-state index contributed by atoms with van der Waals surface area (Å²) in [6.45, 7) is 1.40. The number of sulfone groups is 1. The fraction of sp³-hybridized carbons (Fsp3) is 0.538. The van der Waals surface area contributed by atoms with E-state index in [1.54, 1.807) is 0 Å².